The van der Waals surface area contributed by atoms with E-state index in [4.69, 9.17) is 0 Å². The van der Waals surface area contributed by atoms with Crippen molar-refractivity contribution >= 4 is 50.3 Å². The number of amides is 1. The number of carbonyl (C=O) groups excluding carboxylic acids is 2. The van der Waals surface area contributed by atoms with Gasteiger partial charge in [0.05, 0.1) is 11.8 Å². The third-order valence-electron chi connectivity index (χ3n) is 4.69. The van der Waals surface area contributed by atoms with Gasteiger partial charge in [0.25, 0.3) is 6.10 Å². The molecule has 0 heterocycles. The monoisotopic (exact) mass is 584 g/mol. The number of esters is 1. The summed E-state index contributed by atoms with van der Waals surface area (Å²) in [5.74, 6) is -5.26. The molecular formula is C17H16F5INO6S-. The molecule has 0 saturated heterocycles. The van der Waals surface area contributed by atoms with Crippen molar-refractivity contribution in [3.8, 4) is 0 Å². The topological polar surface area (TPSA) is 113 Å². The van der Waals surface area contributed by atoms with Crippen molar-refractivity contribution in [2.24, 2.45) is 11.8 Å². The van der Waals surface area contributed by atoms with E-state index in [0.717, 1.165) is 3.57 Å². The van der Waals surface area contributed by atoms with Crippen molar-refractivity contribution < 1.29 is 49.2 Å². The van der Waals surface area contributed by atoms with E-state index >= 15 is 0 Å². The van der Waals surface area contributed by atoms with Gasteiger partial charge in [-0.1, -0.05) is 12.8 Å². The summed E-state index contributed by atoms with van der Waals surface area (Å²) in [6, 6.07) is 6.44. The molecule has 1 aromatic carbocycles. The van der Waals surface area contributed by atoms with Crippen molar-refractivity contribution in [2.75, 3.05) is 5.32 Å². The SMILES string of the molecule is O=C(Nc1ccc(I)cc1)C1CCCCC1C(=O)OC(C(F)(F)F)C(F)(F)S(=O)(=O)[O-]. The minimum atomic E-state index is -6.80. The first-order chi connectivity index (χ1) is 14.1. The number of rotatable bonds is 6. The quantitative estimate of drug-likeness (QED) is 0.237. The fraction of sp³-hybridized carbons (Fsp3) is 0.529. The summed E-state index contributed by atoms with van der Waals surface area (Å²) in [6.07, 6.45) is -9.84. The van der Waals surface area contributed by atoms with Gasteiger partial charge in [-0.15, -0.1) is 0 Å². The summed E-state index contributed by atoms with van der Waals surface area (Å²) in [4.78, 5) is 24.9. The Morgan fingerprint density at radius 1 is 1.06 bits per heavy atom. The molecule has 7 nitrogen and oxygen atoms in total. The maximum atomic E-state index is 13.6. The Morgan fingerprint density at radius 2 is 1.58 bits per heavy atom. The van der Waals surface area contributed by atoms with Crippen LogP contribution in [0, 0.1) is 15.4 Å². The van der Waals surface area contributed by atoms with E-state index in [1.165, 1.54) is 0 Å². The molecule has 3 atom stereocenters. The number of alkyl halides is 5. The smallest absolute Gasteiger partial charge is 0.432 e. The van der Waals surface area contributed by atoms with Gasteiger partial charge in [0.1, 0.15) is 0 Å². The van der Waals surface area contributed by atoms with Gasteiger partial charge in [-0.25, -0.2) is 8.42 Å². The summed E-state index contributed by atoms with van der Waals surface area (Å²) < 4.78 is 103. The van der Waals surface area contributed by atoms with E-state index in [9.17, 15) is 44.5 Å². The first-order valence-corrected chi connectivity index (χ1v) is 11.3. The Bertz CT molecular complexity index is 922. The molecule has 0 aliphatic heterocycles. The van der Waals surface area contributed by atoms with Crippen LogP contribution in [0.2, 0.25) is 0 Å². The fourth-order valence-corrected chi connectivity index (χ4v) is 3.96. The van der Waals surface area contributed by atoms with E-state index in [1.807, 2.05) is 22.6 Å². The minimum absolute atomic E-state index is 0.0723. The highest BCUT2D eigenvalue weighted by atomic mass is 127. The zero-order valence-corrected chi connectivity index (χ0v) is 18.5. The van der Waals surface area contributed by atoms with Crippen molar-refractivity contribution in [3.63, 3.8) is 0 Å². The van der Waals surface area contributed by atoms with Crippen molar-refractivity contribution in [3.05, 3.63) is 27.8 Å². The normalized spacial score (nSPS) is 21.3. The molecule has 3 unspecified atom stereocenters. The Morgan fingerprint density at radius 3 is 2.06 bits per heavy atom. The molecular weight excluding hydrogens is 568 g/mol. The van der Waals surface area contributed by atoms with Crippen LogP contribution in [-0.4, -0.2) is 42.4 Å². The second kappa shape index (κ2) is 9.52. The van der Waals surface area contributed by atoms with Crippen LogP contribution in [0.1, 0.15) is 25.7 Å². The summed E-state index contributed by atoms with van der Waals surface area (Å²) >= 11 is 2.02. The van der Waals surface area contributed by atoms with Crippen LogP contribution >= 0.6 is 22.6 Å². The summed E-state index contributed by atoms with van der Waals surface area (Å²) in [5.41, 5.74) is 0.347. The van der Waals surface area contributed by atoms with Crippen LogP contribution in [0.15, 0.2) is 24.3 Å². The molecule has 0 aromatic heterocycles. The Hall–Kier alpha value is -1.55. The van der Waals surface area contributed by atoms with Crippen molar-refractivity contribution in [1.82, 2.24) is 0 Å². The summed E-state index contributed by atoms with van der Waals surface area (Å²) in [7, 11) is -6.80. The molecule has 31 heavy (non-hydrogen) atoms. The maximum Gasteiger partial charge on any atom is 0.432 e. The fourth-order valence-electron chi connectivity index (χ4n) is 3.16. The highest BCUT2D eigenvalue weighted by molar-refractivity contribution is 14.1. The lowest BCUT2D eigenvalue weighted by Crippen LogP contribution is -2.53. The van der Waals surface area contributed by atoms with Crippen LogP contribution in [0.5, 0.6) is 0 Å². The predicted octanol–water partition coefficient (Wildman–Crippen LogP) is 3.65. The number of nitrogens with one attached hydrogen (secondary N) is 1. The number of hydrogen-bond acceptors (Lipinski definition) is 6. The first-order valence-electron chi connectivity index (χ1n) is 8.81. The Balaban J connectivity index is 2.23. The predicted molar refractivity (Wildman–Crippen MR) is 104 cm³/mol. The second-order valence-electron chi connectivity index (χ2n) is 6.87. The average molecular weight is 584 g/mol. The summed E-state index contributed by atoms with van der Waals surface area (Å²) in [5, 5.41) is -3.44. The molecule has 1 saturated carbocycles. The highest BCUT2D eigenvalue weighted by Gasteiger charge is 2.63. The average Bonchev–Trinajstić information content (AvgIpc) is 2.65. The van der Waals surface area contributed by atoms with Crippen molar-refractivity contribution in [1.29, 1.82) is 0 Å². The second-order valence-corrected chi connectivity index (χ2v) is 9.57. The van der Waals surface area contributed by atoms with Gasteiger partial charge in [0.15, 0.2) is 10.1 Å². The lowest BCUT2D eigenvalue weighted by molar-refractivity contribution is -0.261. The number of hydrogen-bond donors (Lipinski definition) is 1. The van der Waals surface area contributed by atoms with Crippen LogP contribution in [0.3, 0.4) is 0 Å². The molecule has 1 aromatic rings. The molecule has 1 aliphatic rings. The van der Waals surface area contributed by atoms with Gasteiger partial charge in [-0.2, -0.15) is 22.0 Å². The molecule has 1 N–H and O–H groups in total. The molecule has 0 spiro atoms. The van der Waals surface area contributed by atoms with E-state index in [2.05, 4.69) is 10.1 Å². The summed E-state index contributed by atoms with van der Waals surface area (Å²) in [6.45, 7) is 0. The Kier molecular flexibility index (Phi) is 7.90. The zero-order chi connectivity index (χ0) is 23.6. The van der Waals surface area contributed by atoms with Gasteiger partial charge in [-0.05, 0) is 59.7 Å². The third-order valence-corrected chi connectivity index (χ3v) is 6.29. The Labute approximate surface area is 187 Å². The molecule has 1 aliphatic carbocycles. The van der Waals surface area contributed by atoms with Crippen molar-refractivity contribution in [2.45, 2.75) is 43.2 Å². The number of halogens is 6. The molecule has 14 heteroatoms. The van der Waals surface area contributed by atoms with Gasteiger partial charge >= 0.3 is 17.4 Å². The number of anilines is 1. The highest BCUT2D eigenvalue weighted by Crippen LogP contribution is 2.40. The van der Waals surface area contributed by atoms with E-state index < -0.39 is 51.4 Å². The van der Waals surface area contributed by atoms with Gasteiger partial charge in [0, 0.05) is 9.26 Å². The van der Waals surface area contributed by atoms with E-state index in [1.54, 1.807) is 24.3 Å². The number of ether oxygens (including phenoxy) is 1. The number of benzene rings is 1. The van der Waals surface area contributed by atoms with Crippen LogP contribution in [0.4, 0.5) is 27.6 Å². The minimum Gasteiger partial charge on any atom is -0.743 e. The standard InChI is InChI=1S/C17H17F5INO6S/c18-16(19,20)15(17(21,22)31(27,28)29)30-14(26)12-4-2-1-3-11(12)13(25)24-10-7-5-9(23)6-8-10/h5-8,11-12,15H,1-4H2,(H,24,25)(H,27,28,29)/p-1. The van der Waals surface area contributed by atoms with Crippen LogP contribution < -0.4 is 5.32 Å². The molecule has 1 amide bonds. The van der Waals surface area contributed by atoms with Gasteiger partial charge in [-0.3, -0.25) is 9.59 Å². The largest absolute Gasteiger partial charge is 0.743 e. The molecule has 0 bridgehead atoms. The molecule has 0 radical (unpaired) electrons. The molecule has 2 rings (SSSR count). The van der Waals surface area contributed by atoms with E-state index in [-0.39, 0.29) is 12.8 Å². The lowest BCUT2D eigenvalue weighted by Gasteiger charge is -2.33. The van der Waals surface area contributed by atoms with Crippen LogP contribution in [0.25, 0.3) is 0 Å². The van der Waals surface area contributed by atoms with E-state index in [0.29, 0.717) is 18.5 Å². The number of carbonyl (C=O) groups is 2. The molecule has 174 valence electrons. The lowest BCUT2D eigenvalue weighted by atomic mass is 9.78. The first kappa shape index (κ1) is 25.7. The van der Waals surface area contributed by atoms with Gasteiger partial charge in [0.2, 0.25) is 5.91 Å². The maximum absolute atomic E-state index is 13.6. The van der Waals surface area contributed by atoms with Crippen LogP contribution in [-0.2, 0) is 24.4 Å². The molecule has 1 fully saturated rings. The third kappa shape index (κ3) is 6.25. The van der Waals surface area contributed by atoms with Gasteiger partial charge < -0.3 is 14.6 Å². The zero-order valence-electron chi connectivity index (χ0n) is 15.5.